The van der Waals surface area contributed by atoms with Gasteiger partial charge >= 0.3 is 12.2 Å². The molecule has 1 aliphatic heterocycles. The normalized spacial score (nSPS) is 16.8. The molecule has 1 unspecified atom stereocenters. The molecule has 158 valence electrons. The smallest absolute Gasteiger partial charge is 0.414 e. The van der Waals surface area contributed by atoms with E-state index in [1.165, 1.54) is 7.11 Å². The number of alkyl halides is 3. The van der Waals surface area contributed by atoms with Crippen molar-refractivity contribution in [3.63, 3.8) is 0 Å². The summed E-state index contributed by atoms with van der Waals surface area (Å²) in [5, 5.41) is 3.31. The van der Waals surface area contributed by atoms with Gasteiger partial charge in [-0.3, -0.25) is 0 Å². The van der Waals surface area contributed by atoms with Crippen molar-refractivity contribution in [2.45, 2.75) is 32.0 Å². The number of urea groups is 1. The van der Waals surface area contributed by atoms with E-state index >= 15 is 0 Å². The van der Waals surface area contributed by atoms with Gasteiger partial charge in [0.15, 0.2) is 6.04 Å². The Labute approximate surface area is 171 Å². The summed E-state index contributed by atoms with van der Waals surface area (Å²) < 4.78 is 47.9. The molecule has 1 aliphatic rings. The van der Waals surface area contributed by atoms with Gasteiger partial charge in [0, 0.05) is 23.1 Å². The number of fused-ring (bicyclic) bond motifs is 3. The summed E-state index contributed by atoms with van der Waals surface area (Å²) in [7, 11) is 1.52. The molecular weight excluding hydrogens is 395 g/mol. The first kappa shape index (κ1) is 20.1. The van der Waals surface area contributed by atoms with Crippen molar-refractivity contribution in [3.8, 4) is 5.75 Å². The lowest BCUT2D eigenvalue weighted by molar-refractivity contribution is -0.178. The summed E-state index contributed by atoms with van der Waals surface area (Å²) in [6.45, 7) is 1.85. The SMILES string of the molecule is COc1ccc2[nH]c3c(c2c1)CCCN(C(=O)Nc1cccc(C)c1)C3C(F)(F)F. The minimum Gasteiger partial charge on any atom is -0.497 e. The Kier molecular flexibility index (Phi) is 5.09. The molecule has 0 saturated heterocycles. The number of H-pyrrole nitrogens is 1. The number of ether oxygens (including phenoxy) is 1. The molecule has 0 aliphatic carbocycles. The molecule has 0 bridgehead atoms. The minimum absolute atomic E-state index is 0.00416. The molecule has 0 spiro atoms. The van der Waals surface area contributed by atoms with E-state index in [2.05, 4.69) is 10.3 Å². The average Bonchev–Trinajstić information content (AvgIpc) is 2.90. The highest BCUT2D eigenvalue weighted by Crippen LogP contribution is 2.43. The molecule has 0 fully saturated rings. The van der Waals surface area contributed by atoms with Gasteiger partial charge in [0.2, 0.25) is 0 Å². The number of amides is 2. The molecule has 2 aromatic carbocycles. The Morgan fingerprint density at radius 2 is 2.03 bits per heavy atom. The second-order valence-electron chi connectivity index (χ2n) is 7.47. The summed E-state index contributed by atoms with van der Waals surface area (Å²) in [6.07, 6.45) is -3.78. The zero-order chi connectivity index (χ0) is 21.5. The fourth-order valence-electron chi connectivity index (χ4n) is 4.07. The number of anilines is 1. The van der Waals surface area contributed by atoms with Crippen molar-refractivity contribution in [1.82, 2.24) is 9.88 Å². The van der Waals surface area contributed by atoms with Crippen LogP contribution < -0.4 is 10.1 Å². The van der Waals surface area contributed by atoms with Crippen LogP contribution in [0.3, 0.4) is 0 Å². The third-order valence-electron chi connectivity index (χ3n) is 5.40. The van der Waals surface area contributed by atoms with Crippen molar-refractivity contribution >= 4 is 22.6 Å². The van der Waals surface area contributed by atoms with Gasteiger partial charge in [-0.15, -0.1) is 0 Å². The van der Waals surface area contributed by atoms with Crippen LogP contribution in [0.15, 0.2) is 42.5 Å². The zero-order valence-electron chi connectivity index (χ0n) is 16.6. The van der Waals surface area contributed by atoms with Crippen LogP contribution in [0.5, 0.6) is 5.75 Å². The highest BCUT2D eigenvalue weighted by atomic mass is 19.4. The molecule has 1 aromatic heterocycles. The second-order valence-corrected chi connectivity index (χ2v) is 7.47. The lowest BCUT2D eigenvalue weighted by Gasteiger charge is -2.31. The van der Waals surface area contributed by atoms with Crippen molar-refractivity contribution in [3.05, 3.63) is 59.3 Å². The predicted octanol–water partition coefficient (Wildman–Crippen LogP) is 5.57. The Bertz CT molecular complexity index is 1090. The third-order valence-corrected chi connectivity index (χ3v) is 5.40. The van der Waals surface area contributed by atoms with Gasteiger partial charge in [0.05, 0.1) is 12.8 Å². The number of aromatic nitrogens is 1. The van der Waals surface area contributed by atoms with E-state index in [-0.39, 0.29) is 12.2 Å². The Hall–Kier alpha value is -3.16. The van der Waals surface area contributed by atoms with Crippen molar-refractivity contribution < 1.29 is 22.7 Å². The Morgan fingerprint density at radius 1 is 1.23 bits per heavy atom. The number of aryl methyl sites for hydroxylation is 2. The topological polar surface area (TPSA) is 57.4 Å². The molecule has 30 heavy (non-hydrogen) atoms. The first-order valence-corrected chi connectivity index (χ1v) is 9.67. The van der Waals surface area contributed by atoms with Gasteiger partial charge in [0.25, 0.3) is 0 Å². The number of hydrogen-bond acceptors (Lipinski definition) is 2. The quantitative estimate of drug-likeness (QED) is 0.573. The lowest BCUT2D eigenvalue weighted by Crippen LogP contribution is -2.44. The number of rotatable bonds is 2. The van der Waals surface area contributed by atoms with Crippen molar-refractivity contribution in [2.24, 2.45) is 0 Å². The number of hydrogen-bond donors (Lipinski definition) is 2. The highest BCUT2D eigenvalue weighted by molar-refractivity contribution is 5.91. The fourth-order valence-corrected chi connectivity index (χ4v) is 4.07. The monoisotopic (exact) mass is 417 g/mol. The molecule has 0 saturated carbocycles. The van der Waals surface area contributed by atoms with Gasteiger partial charge in [-0.2, -0.15) is 13.2 Å². The van der Waals surface area contributed by atoms with Crippen LogP contribution in [0.25, 0.3) is 10.9 Å². The molecule has 8 heteroatoms. The average molecular weight is 417 g/mol. The summed E-state index contributed by atoms with van der Waals surface area (Å²) >= 11 is 0. The van der Waals surface area contributed by atoms with E-state index < -0.39 is 18.2 Å². The number of halogens is 3. The molecule has 2 amide bonds. The standard InChI is InChI=1S/C22H22F3N3O2/c1-13-5-3-6-14(11-13)26-21(29)28-10-4-7-16-17-12-15(30-2)8-9-18(17)27-19(16)20(28)22(23,24)25/h3,5-6,8-9,11-12,20,27H,4,7,10H2,1-2H3,(H,26,29). The number of carbonyl (C=O) groups excluding carboxylic acids is 1. The van der Waals surface area contributed by atoms with Gasteiger partial charge in [-0.05, 0) is 61.2 Å². The number of nitrogens with zero attached hydrogens (tertiary/aromatic N) is 1. The maximum Gasteiger partial charge on any atom is 0.414 e. The maximum absolute atomic E-state index is 14.2. The first-order chi connectivity index (χ1) is 14.3. The first-order valence-electron chi connectivity index (χ1n) is 9.67. The van der Waals surface area contributed by atoms with Crippen molar-refractivity contribution in [2.75, 3.05) is 19.0 Å². The van der Waals surface area contributed by atoms with Crippen LogP contribution in [0.1, 0.15) is 29.3 Å². The summed E-state index contributed by atoms with van der Waals surface area (Å²) in [5.41, 5.74) is 2.56. The van der Waals surface area contributed by atoms with Crippen LogP contribution in [0, 0.1) is 6.92 Å². The van der Waals surface area contributed by atoms with Crippen LogP contribution in [-0.4, -0.2) is 35.7 Å². The zero-order valence-corrected chi connectivity index (χ0v) is 16.6. The third kappa shape index (κ3) is 3.69. The number of aromatic amines is 1. The molecular formula is C22H22F3N3O2. The van der Waals surface area contributed by atoms with E-state index in [0.717, 1.165) is 10.5 Å². The van der Waals surface area contributed by atoms with Crippen LogP contribution >= 0.6 is 0 Å². The highest BCUT2D eigenvalue weighted by Gasteiger charge is 2.49. The number of carbonyl (C=O) groups is 1. The van der Waals surface area contributed by atoms with E-state index in [0.29, 0.717) is 40.7 Å². The predicted molar refractivity (Wildman–Crippen MR) is 109 cm³/mol. The maximum atomic E-state index is 14.2. The molecule has 2 N–H and O–H groups in total. The van der Waals surface area contributed by atoms with E-state index in [1.807, 2.05) is 13.0 Å². The molecule has 4 rings (SSSR count). The lowest BCUT2D eigenvalue weighted by atomic mass is 10.0. The number of benzene rings is 2. The fraction of sp³-hybridized carbons (Fsp3) is 0.318. The minimum atomic E-state index is -4.63. The molecule has 1 atom stereocenters. The largest absolute Gasteiger partial charge is 0.497 e. The Morgan fingerprint density at radius 3 is 2.73 bits per heavy atom. The molecule has 5 nitrogen and oxygen atoms in total. The second kappa shape index (κ2) is 7.59. The van der Waals surface area contributed by atoms with Gasteiger partial charge in [-0.1, -0.05) is 12.1 Å². The summed E-state index contributed by atoms with van der Waals surface area (Å²) in [6, 6.07) is 9.29. The van der Waals surface area contributed by atoms with Gasteiger partial charge < -0.3 is 19.9 Å². The van der Waals surface area contributed by atoms with Crippen LogP contribution in [-0.2, 0) is 6.42 Å². The van der Waals surface area contributed by atoms with E-state index in [1.54, 1.807) is 36.4 Å². The summed E-state index contributed by atoms with van der Waals surface area (Å²) in [5.74, 6) is 0.575. The Balaban J connectivity index is 1.76. The molecule has 2 heterocycles. The summed E-state index contributed by atoms with van der Waals surface area (Å²) in [4.78, 5) is 16.7. The molecule has 0 radical (unpaired) electrons. The van der Waals surface area contributed by atoms with Gasteiger partial charge in [-0.25, -0.2) is 4.79 Å². The number of methoxy groups -OCH3 is 1. The molecule has 3 aromatic rings. The van der Waals surface area contributed by atoms with Crippen LogP contribution in [0.4, 0.5) is 23.7 Å². The van der Waals surface area contributed by atoms with Crippen LogP contribution in [0.2, 0.25) is 0 Å². The van der Waals surface area contributed by atoms with Crippen molar-refractivity contribution in [1.29, 1.82) is 0 Å². The van der Waals surface area contributed by atoms with Gasteiger partial charge in [0.1, 0.15) is 5.75 Å². The van der Waals surface area contributed by atoms with E-state index in [9.17, 15) is 18.0 Å². The van der Waals surface area contributed by atoms with E-state index in [4.69, 9.17) is 4.74 Å². The number of nitrogens with one attached hydrogen (secondary N) is 2.